The molecular formula is C56H100O6. The zero-order chi connectivity index (χ0) is 45.1. The van der Waals surface area contributed by atoms with Crippen molar-refractivity contribution in [1.82, 2.24) is 0 Å². The molecule has 0 saturated carbocycles. The third-order valence-electron chi connectivity index (χ3n) is 11.6. The lowest BCUT2D eigenvalue weighted by molar-refractivity contribution is -0.167. The van der Waals surface area contributed by atoms with E-state index in [1.807, 2.05) is 0 Å². The summed E-state index contributed by atoms with van der Waals surface area (Å²) in [6.45, 7) is 6.53. The number of carbonyl (C=O) groups is 3. The minimum absolute atomic E-state index is 0.0776. The molecular weight excluding hydrogens is 769 g/mol. The van der Waals surface area contributed by atoms with Crippen LogP contribution < -0.4 is 0 Å². The van der Waals surface area contributed by atoms with Crippen LogP contribution in [0, 0.1) is 0 Å². The molecule has 0 aromatic heterocycles. The van der Waals surface area contributed by atoms with Crippen molar-refractivity contribution in [2.75, 3.05) is 13.2 Å². The average Bonchev–Trinajstić information content (AvgIpc) is 3.27. The Kier molecular flexibility index (Phi) is 48.8. The quantitative estimate of drug-likeness (QED) is 0.0262. The van der Waals surface area contributed by atoms with E-state index >= 15 is 0 Å². The first-order valence-corrected chi connectivity index (χ1v) is 26.6. The number of rotatable bonds is 48. The van der Waals surface area contributed by atoms with E-state index in [0.717, 1.165) is 83.5 Å². The number of allylic oxidation sites excluding steroid dienone is 8. The lowest BCUT2D eigenvalue weighted by atomic mass is 10.1. The second-order valence-electron chi connectivity index (χ2n) is 17.8. The molecule has 0 radical (unpaired) electrons. The number of ether oxygens (including phenoxy) is 3. The van der Waals surface area contributed by atoms with Crippen LogP contribution in [0.3, 0.4) is 0 Å². The van der Waals surface area contributed by atoms with Gasteiger partial charge in [-0.1, -0.05) is 217 Å². The first kappa shape index (κ1) is 59.4. The lowest BCUT2D eigenvalue weighted by Gasteiger charge is -2.18. The maximum absolute atomic E-state index is 12.7. The highest BCUT2D eigenvalue weighted by Crippen LogP contribution is 2.15. The molecule has 0 saturated heterocycles. The Bertz CT molecular complexity index is 1090. The molecule has 6 heteroatoms. The third-order valence-corrected chi connectivity index (χ3v) is 11.6. The number of hydrogen-bond donors (Lipinski definition) is 0. The summed E-state index contributed by atoms with van der Waals surface area (Å²) in [5.74, 6) is -0.898. The molecule has 360 valence electrons. The summed E-state index contributed by atoms with van der Waals surface area (Å²) in [6, 6.07) is 0. The Hall–Kier alpha value is -2.63. The number of carbonyl (C=O) groups excluding carboxylic acids is 3. The SMILES string of the molecule is CCCCCCC/C=C\C/C=C\C/C=C\CCCCCCCCCCCCC(=O)OCC(COC(=O)CCCCCCC)OC(=O)CCCCCCC/C=C\CCCCCCC. The van der Waals surface area contributed by atoms with Gasteiger partial charge in [0.2, 0.25) is 0 Å². The highest BCUT2D eigenvalue weighted by molar-refractivity contribution is 5.71. The Balaban J connectivity index is 4.09. The van der Waals surface area contributed by atoms with Crippen LogP contribution in [-0.2, 0) is 28.6 Å². The molecule has 0 spiro atoms. The molecule has 0 heterocycles. The molecule has 0 N–H and O–H groups in total. The highest BCUT2D eigenvalue weighted by Gasteiger charge is 2.19. The molecule has 0 aliphatic heterocycles. The van der Waals surface area contributed by atoms with E-state index in [4.69, 9.17) is 14.2 Å². The molecule has 62 heavy (non-hydrogen) atoms. The highest BCUT2D eigenvalue weighted by atomic mass is 16.6. The van der Waals surface area contributed by atoms with Gasteiger partial charge in [0.05, 0.1) is 0 Å². The summed E-state index contributed by atoms with van der Waals surface area (Å²) in [7, 11) is 0. The Morgan fingerprint density at radius 2 is 0.581 bits per heavy atom. The molecule has 6 nitrogen and oxygen atoms in total. The predicted octanol–water partition coefficient (Wildman–Crippen LogP) is 17.5. The first-order chi connectivity index (χ1) is 30.5. The van der Waals surface area contributed by atoms with Gasteiger partial charge >= 0.3 is 17.9 Å². The standard InChI is InChI=1S/C56H100O6/c1-4-7-10-13-15-17-19-21-23-24-25-26-27-28-29-30-31-32-33-35-36-38-40-43-46-49-55(58)61-52-53(51-60-54(57)48-45-42-12-9-6-3)62-56(59)50-47-44-41-39-37-34-22-20-18-16-14-11-8-5-2/h19-22,24-25,27-28,53H,4-18,23,26,29-52H2,1-3H3/b21-19-,22-20-,25-24-,28-27-. The van der Waals surface area contributed by atoms with Crippen molar-refractivity contribution in [2.45, 2.75) is 277 Å². The summed E-state index contributed by atoms with van der Waals surface area (Å²) in [5, 5.41) is 0. The molecule has 0 bridgehead atoms. The van der Waals surface area contributed by atoms with Crippen LogP contribution in [0.15, 0.2) is 48.6 Å². The number of esters is 3. The minimum Gasteiger partial charge on any atom is -0.462 e. The van der Waals surface area contributed by atoms with Crippen molar-refractivity contribution < 1.29 is 28.6 Å². The molecule has 1 atom stereocenters. The van der Waals surface area contributed by atoms with Gasteiger partial charge in [-0.2, -0.15) is 0 Å². The molecule has 0 aliphatic carbocycles. The second-order valence-corrected chi connectivity index (χ2v) is 17.8. The van der Waals surface area contributed by atoms with Crippen molar-refractivity contribution in [3.8, 4) is 0 Å². The van der Waals surface area contributed by atoms with E-state index < -0.39 is 6.10 Å². The largest absolute Gasteiger partial charge is 0.462 e. The molecule has 0 aromatic rings. The fraction of sp³-hybridized carbons (Fsp3) is 0.804. The van der Waals surface area contributed by atoms with Gasteiger partial charge in [0.1, 0.15) is 13.2 Å². The minimum atomic E-state index is -0.773. The van der Waals surface area contributed by atoms with Gasteiger partial charge < -0.3 is 14.2 Å². The van der Waals surface area contributed by atoms with Crippen LogP contribution >= 0.6 is 0 Å². The summed E-state index contributed by atoms with van der Waals surface area (Å²) in [6.07, 6.45) is 61.4. The maximum atomic E-state index is 12.7. The van der Waals surface area contributed by atoms with E-state index in [-0.39, 0.29) is 31.1 Å². The maximum Gasteiger partial charge on any atom is 0.306 e. The first-order valence-electron chi connectivity index (χ1n) is 26.6. The van der Waals surface area contributed by atoms with Crippen LogP contribution in [0.25, 0.3) is 0 Å². The van der Waals surface area contributed by atoms with Crippen molar-refractivity contribution in [3.05, 3.63) is 48.6 Å². The van der Waals surface area contributed by atoms with E-state index in [2.05, 4.69) is 69.4 Å². The summed E-state index contributed by atoms with van der Waals surface area (Å²) in [5.41, 5.74) is 0. The van der Waals surface area contributed by atoms with E-state index in [0.29, 0.717) is 19.3 Å². The Labute approximate surface area is 384 Å². The smallest absolute Gasteiger partial charge is 0.306 e. The van der Waals surface area contributed by atoms with Crippen LogP contribution in [0.5, 0.6) is 0 Å². The van der Waals surface area contributed by atoms with Crippen LogP contribution in [-0.4, -0.2) is 37.2 Å². The summed E-state index contributed by atoms with van der Waals surface area (Å²) in [4.78, 5) is 37.6. The monoisotopic (exact) mass is 869 g/mol. The van der Waals surface area contributed by atoms with Gasteiger partial charge in [-0.3, -0.25) is 14.4 Å². The predicted molar refractivity (Wildman–Crippen MR) is 265 cm³/mol. The van der Waals surface area contributed by atoms with Crippen molar-refractivity contribution in [2.24, 2.45) is 0 Å². The average molecular weight is 869 g/mol. The molecule has 0 aliphatic rings. The van der Waals surface area contributed by atoms with E-state index in [1.165, 1.54) is 148 Å². The summed E-state index contributed by atoms with van der Waals surface area (Å²) >= 11 is 0. The fourth-order valence-corrected chi connectivity index (χ4v) is 7.50. The van der Waals surface area contributed by atoms with Gasteiger partial charge in [0, 0.05) is 19.3 Å². The van der Waals surface area contributed by atoms with Crippen molar-refractivity contribution >= 4 is 17.9 Å². The second kappa shape index (κ2) is 51.0. The molecule has 0 fully saturated rings. The van der Waals surface area contributed by atoms with Crippen LogP contribution in [0.2, 0.25) is 0 Å². The van der Waals surface area contributed by atoms with E-state index in [9.17, 15) is 14.4 Å². The lowest BCUT2D eigenvalue weighted by Crippen LogP contribution is -2.30. The van der Waals surface area contributed by atoms with Gasteiger partial charge in [0.15, 0.2) is 6.10 Å². The molecule has 0 rings (SSSR count). The number of unbranched alkanes of at least 4 members (excludes halogenated alkanes) is 29. The Morgan fingerprint density at radius 3 is 0.919 bits per heavy atom. The Morgan fingerprint density at radius 1 is 0.323 bits per heavy atom. The number of hydrogen-bond acceptors (Lipinski definition) is 6. The van der Waals surface area contributed by atoms with E-state index in [1.54, 1.807) is 0 Å². The van der Waals surface area contributed by atoms with Crippen molar-refractivity contribution in [1.29, 1.82) is 0 Å². The van der Waals surface area contributed by atoms with Gasteiger partial charge in [-0.15, -0.1) is 0 Å². The zero-order valence-corrected chi connectivity index (χ0v) is 41.1. The molecule has 0 aromatic carbocycles. The molecule has 0 amide bonds. The van der Waals surface area contributed by atoms with Gasteiger partial charge in [-0.25, -0.2) is 0 Å². The normalized spacial score (nSPS) is 12.4. The van der Waals surface area contributed by atoms with Crippen LogP contribution in [0.4, 0.5) is 0 Å². The van der Waals surface area contributed by atoms with Gasteiger partial charge in [-0.05, 0) is 83.5 Å². The zero-order valence-electron chi connectivity index (χ0n) is 41.1. The fourth-order valence-electron chi connectivity index (χ4n) is 7.50. The topological polar surface area (TPSA) is 78.9 Å². The van der Waals surface area contributed by atoms with Crippen LogP contribution in [0.1, 0.15) is 271 Å². The summed E-state index contributed by atoms with van der Waals surface area (Å²) < 4.78 is 16.7. The third kappa shape index (κ3) is 48.4. The van der Waals surface area contributed by atoms with Gasteiger partial charge in [0.25, 0.3) is 0 Å². The molecule has 1 unspecified atom stereocenters. The van der Waals surface area contributed by atoms with Crippen molar-refractivity contribution in [3.63, 3.8) is 0 Å².